The van der Waals surface area contributed by atoms with Gasteiger partial charge in [0, 0.05) is 13.2 Å². The number of urea groups is 1. The topological polar surface area (TPSA) is 78.9 Å². The summed E-state index contributed by atoms with van der Waals surface area (Å²) in [4.78, 5) is 23.5. The highest BCUT2D eigenvalue weighted by molar-refractivity contribution is 5.80. The smallest absolute Gasteiger partial charge is 0.323 e. The Hall–Kier alpha value is -1.30. The fourth-order valence-corrected chi connectivity index (χ4v) is 1.22. The lowest BCUT2D eigenvalue weighted by Crippen LogP contribution is -2.49. The summed E-state index contributed by atoms with van der Waals surface area (Å²) in [6.07, 6.45) is 0. The number of carboxylic acid groups (broad SMARTS) is 1. The van der Waals surface area contributed by atoms with Crippen molar-refractivity contribution in [2.45, 2.75) is 32.9 Å². The minimum atomic E-state index is -1.02. The van der Waals surface area contributed by atoms with E-state index in [1.807, 2.05) is 0 Å². The van der Waals surface area contributed by atoms with Gasteiger partial charge in [0.15, 0.2) is 0 Å². The summed E-state index contributed by atoms with van der Waals surface area (Å²) in [6, 6.07) is -0.694. The van der Waals surface area contributed by atoms with Crippen LogP contribution in [0.1, 0.15) is 20.8 Å². The van der Waals surface area contributed by atoms with E-state index in [0.29, 0.717) is 6.61 Å². The molecule has 16 heavy (non-hydrogen) atoms. The molecule has 0 spiro atoms. The van der Waals surface area contributed by atoms with E-state index in [-0.39, 0.29) is 24.7 Å². The summed E-state index contributed by atoms with van der Waals surface area (Å²) >= 11 is 0. The molecule has 2 N–H and O–H groups in total. The zero-order valence-corrected chi connectivity index (χ0v) is 10.2. The predicted molar refractivity (Wildman–Crippen MR) is 59.3 cm³/mol. The zero-order valence-electron chi connectivity index (χ0n) is 10.2. The molecule has 0 heterocycles. The van der Waals surface area contributed by atoms with Gasteiger partial charge in [0.25, 0.3) is 0 Å². The maximum atomic E-state index is 11.7. The fraction of sp³-hybridized carbons (Fsp3) is 0.800. The SMILES string of the molecule is COCC(C)NC(=O)N(CC(=O)O)C(C)C. The molecule has 0 rings (SSSR count). The average molecular weight is 232 g/mol. The van der Waals surface area contributed by atoms with E-state index >= 15 is 0 Å². The first kappa shape index (κ1) is 14.7. The number of hydrogen-bond donors (Lipinski definition) is 2. The van der Waals surface area contributed by atoms with Gasteiger partial charge >= 0.3 is 12.0 Å². The number of hydrogen-bond acceptors (Lipinski definition) is 3. The van der Waals surface area contributed by atoms with Crippen LogP contribution in [0.5, 0.6) is 0 Å². The Labute approximate surface area is 95.6 Å². The Balaban J connectivity index is 4.32. The summed E-state index contributed by atoms with van der Waals surface area (Å²) < 4.78 is 4.88. The first-order valence-corrected chi connectivity index (χ1v) is 5.16. The number of methoxy groups -OCH3 is 1. The quantitative estimate of drug-likeness (QED) is 0.700. The largest absolute Gasteiger partial charge is 0.480 e. The van der Waals surface area contributed by atoms with Gasteiger partial charge < -0.3 is 20.1 Å². The van der Waals surface area contributed by atoms with Crippen LogP contribution in [-0.2, 0) is 9.53 Å². The van der Waals surface area contributed by atoms with Gasteiger partial charge in [-0.15, -0.1) is 0 Å². The summed E-state index contributed by atoms with van der Waals surface area (Å²) in [5.41, 5.74) is 0. The number of nitrogens with zero attached hydrogens (tertiary/aromatic N) is 1. The number of nitrogens with one attached hydrogen (secondary N) is 1. The van der Waals surface area contributed by atoms with E-state index in [1.54, 1.807) is 27.9 Å². The van der Waals surface area contributed by atoms with E-state index in [4.69, 9.17) is 9.84 Å². The number of aliphatic carboxylic acids is 1. The standard InChI is InChI=1S/C10H20N2O4/c1-7(2)12(5-9(13)14)10(15)11-8(3)6-16-4/h7-8H,5-6H2,1-4H3,(H,11,15)(H,13,14). The molecule has 0 aliphatic heterocycles. The molecular weight excluding hydrogens is 212 g/mol. The second kappa shape index (κ2) is 7.05. The molecule has 6 heteroatoms. The Morgan fingerprint density at radius 1 is 1.38 bits per heavy atom. The first-order valence-electron chi connectivity index (χ1n) is 5.16. The van der Waals surface area contributed by atoms with Crippen molar-refractivity contribution in [3.8, 4) is 0 Å². The molecule has 2 amide bonds. The van der Waals surface area contributed by atoms with Gasteiger partial charge in [-0.1, -0.05) is 0 Å². The van der Waals surface area contributed by atoms with Crippen LogP contribution in [0.2, 0.25) is 0 Å². The normalized spacial score (nSPS) is 12.3. The van der Waals surface area contributed by atoms with Crippen molar-refractivity contribution < 1.29 is 19.4 Å². The highest BCUT2D eigenvalue weighted by Crippen LogP contribution is 1.99. The van der Waals surface area contributed by atoms with E-state index in [2.05, 4.69) is 5.32 Å². The van der Waals surface area contributed by atoms with Crippen molar-refractivity contribution in [3.05, 3.63) is 0 Å². The van der Waals surface area contributed by atoms with E-state index in [9.17, 15) is 9.59 Å². The molecule has 0 aliphatic carbocycles. The summed E-state index contributed by atoms with van der Waals surface area (Å²) in [6.45, 7) is 5.42. The second-order valence-electron chi connectivity index (χ2n) is 3.92. The minimum absolute atomic E-state index is 0.146. The molecule has 1 unspecified atom stereocenters. The molecule has 0 fully saturated rings. The highest BCUT2D eigenvalue weighted by Gasteiger charge is 2.20. The molecule has 0 aromatic carbocycles. The lowest BCUT2D eigenvalue weighted by atomic mass is 10.3. The van der Waals surface area contributed by atoms with Crippen molar-refractivity contribution in [3.63, 3.8) is 0 Å². The van der Waals surface area contributed by atoms with Crippen molar-refractivity contribution in [2.24, 2.45) is 0 Å². The van der Waals surface area contributed by atoms with Crippen molar-refractivity contribution in [2.75, 3.05) is 20.3 Å². The zero-order chi connectivity index (χ0) is 12.7. The highest BCUT2D eigenvalue weighted by atomic mass is 16.5. The van der Waals surface area contributed by atoms with Gasteiger partial charge in [-0.05, 0) is 20.8 Å². The predicted octanol–water partition coefficient (Wildman–Crippen LogP) is 0.526. The molecule has 1 atom stereocenters. The summed E-state index contributed by atoms with van der Waals surface area (Å²) in [5.74, 6) is -1.02. The number of carbonyl (C=O) groups is 2. The Morgan fingerprint density at radius 3 is 2.31 bits per heavy atom. The van der Waals surface area contributed by atoms with Gasteiger partial charge in [-0.3, -0.25) is 4.79 Å². The van der Waals surface area contributed by atoms with Crippen molar-refractivity contribution in [1.29, 1.82) is 0 Å². The van der Waals surface area contributed by atoms with Crippen molar-refractivity contribution >= 4 is 12.0 Å². The van der Waals surface area contributed by atoms with Crippen LogP contribution >= 0.6 is 0 Å². The molecule has 94 valence electrons. The third-order valence-corrected chi connectivity index (χ3v) is 1.98. The molecule has 0 radical (unpaired) electrons. The third kappa shape index (κ3) is 5.55. The van der Waals surface area contributed by atoms with Crippen LogP contribution in [0, 0.1) is 0 Å². The van der Waals surface area contributed by atoms with Crippen LogP contribution in [0.25, 0.3) is 0 Å². The number of carboxylic acids is 1. The fourth-order valence-electron chi connectivity index (χ4n) is 1.22. The lowest BCUT2D eigenvalue weighted by Gasteiger charge is -2.26. The molecule has 0 aromatic rings. The number of amides is 2. The maximum Gasteiger partial charge on any atom is 0.323 e. The Kier molecular flexibility index (Phi) is 6.48. The maximum absolute atomic E-state index is 11.7. The Bertz CT molecular complexity index is 243. The van der Waals surface area contributed by atoms with E-state index < -0.39 is 5.97 Å². The lowest BCUT2D eigenvalue weighted by molar-refractivity contribution is -0.138. The molecule has 0 bridgehead atoms. The van der Waals surface area contributed by atoms with Crippen LogP contribution in [-0.4, -0.2) is 54.4 Å². The van der Waals surface area contributed by atoms with Gasteiger partial charge in [-0.25, -0.2) is 4.79 Å². The van der Waals surface area contributed by atoms with Gasteiger partial charge in [0.2, 0.25) is 0 Å². The van der Waals surface area contributed by atoms with E-state index in [0.717, 1.165) is 0 Å². The molecule has 0 saturated carbocycles. The Morgan fingerprint density at radius 2 is 1.94 bits per heavy atom. The monoisotopic (exact) mass is 232 g/mol. The van der Waals surface area contributed by atoms with Gasteiger partial charge in [0.1, 0.15) is 6.54 Å². The minimum Gasteiger partial charge on any atom is -0.480 e. The third-order valence-electron chi connectivity index (χ3n) is 1.98. The number of rotatable bonds is 6. The number of carbonyl (C=O) groups excluding carboxylic acids is 1. The second-order valence-corrected chi connectivity index (χ2v) is 3.92. The van der Waals surface area contributed by atoms with Gasteiger partial charge in [-0.2, -0.15) is 0 Å². The summed E-state index contributed by atoms with van der Waals surface area (Å²) in [5, 5.41) is 11.3. The molecule has 0 saturated heterocycles. The van der Waals surface area contributed by atoms with E-state index in [1.165, 1.54) is 4.90 Å². The van der Waals surface area contributed by atoms with Crippen LogP contribution < -0.4 is 5.32 Å². The van der Waals surface area contributed by atoms with Crippen LogP contribution in [0.3, 0.4) is 0 Å². The number of ether oxygens (including phenoxy) is 1. The van der Waals surface area contributed by atoms with Gasteiger partial charge in [0.05, 0.1) is 12.6 Å². The van der Waals surface area contributed by atoms with Crippen LogP contribution in [0.15, 0.2) is 0 Å². The van der Waals surface area contributed by atoms with Crippen LogP contribution in [0.4, 0.5) is 4.79 Å². The van der Waals surface area contributed by atoms with Crippen molar-refractivity contribution in [1.82, 2.24) is 10.2 Å². The molecular formula is C10H20N2O4. The molecule has 6 nitrogen and oxygen atoms in total. The average Bonchev–Trinajstić information content (AvgIpc) is 2.13. The molecule has 0 aromatic heterocycles. The summed E-state index contributed by atoms with van der Waals surface area (Å²) in [7, 11) is 1.54. The first-order chi connectivity index (χ1) is 7.38. The molecule has 0 aliphatic rings.